The van der Waals surface area contributed by atoms with Gasteiger partial charge in [-0.05, 0) is 13.0 Å². The average molecular weight is 352 g/mol. The van der Waals surface area contributed by atoms with Gasteiger partial charge in [0.05, 0.1) is 19.9 Å². The Labute approximate surface area is 133 Å². The zero-order valence-corrected chi connectivity index (χ0v) is 13.9. The monoisotopic (exact) mass is 351 g/mol. The maximum absolute atomic E-state index is 5.88. The molecule has 0 fully saturated rings. The predicted octanol–water partition coefficient (Wildman–Crippen LogP) is 3.88. The molecule has 0 saturated carbocycles. The van der Waals surface area contributed by atoms with Crippen molar-refractivity contribution < 1.29 is 14.2 Å². The fraction of sp³-hybridized carbons (Fsp3) is 0.312. The van der Waals surface area contributed by atoms with Crippen LogP contribution in [0.3, 0.4) is 0 Å². The van der Waals surface area contributed by atoms with Gasteiger partial charge in [-0.3, -0.25) is 4.98 Å². The number of benzene rings is 1. The first-order valence-electron chi connectivity index (χ1n) is 6.53. The lowest BCUT2D eigenvalue weighted by Crippen LogP contribution is -2.02. The highest BCUT2D eigenvalue weighted by Crippen LogP contribution is 2.27. The van der Waals surface area contributed by atoms with Crippen LogP contribution in [0.5, 0.6) is 17.2 Å². The summed E-state index contributed by atoms with van der Waals surface area (Å²) in [5.74, 6) is 2.34. The van der Waals surface area contributed by atoms with Gasteiger partial charge in [-0.1, -0.05) is 22.0 Å². The Hall–Kier alpha value is -1.75. The van der Waals surface area contributed by atoms with Gasteiger partial charge >= 0.3 is 0 Å². The molecule has 0 N–H and O–H groups in total. The fourth-order valence-electron chi connectivity index (χ4n) is 1.95. The van der Waals surface area contributed by atoms with E-state index in [1.54, 1.807) is 14.2 Å². The molecule has 21 heavy (non-hydrogen) atoms. The number of hydrogen-bond donors (Lipinski definition) is 0. The van der Waals surface area contributed by atoms with Gasteiger partial charge in [0.25, 0.3) is 0 Å². The SMILES string of the molecule is COc1cc(C)nc(COc2cc(OC)ccc2CBr)c1. The number of methoxy groups -OCH3 is 2. The minimum absolute atomic E-state index is 0.380. The van der Waals surface area contributed by atoms with Gasteiger partial charge in [0.2, 0.25) is 0 Å². The quantitative estimate of drug-likeness (QED) is 0.740. The first-order chi connectivity index (χ1) is 10.2. The highest BCUT2D eigenvalue weighted by atomic mass is 79.9. The molecule has 1 aromatic heterocycles. The second kappa shape index (κ2) is 7.31. The summed E-state index contributed by atoms with van der Waals surface area (Å²) in [5.41, 5.74) is 2.80. The number of halogens is 1. The summed E-state index contributed by atoms with van der Waals surface area (Å²) in [6, 6.07) is 9.54. The highest BCUT2D eigenvalue weighted by molar-refractivity contribution is 9.08. The van der Waals surface area contributed by atoms with Gasteiger partial charge < -0.3 is 14.2 Å². The topological polar surface area (TPSA) is 40.6 Å². The van der Waals surface area contributed by atoms with Crippen LogP contribution in [0.4, 0.5) is 0 Å². The number of hydrogen-bond acceptors (Lipinski definition) is 4. The van der Waals surface area contributed by atoms with E-state index < -0.39 is 0 Å². The predicted molar refractivity (Wildman–Crippen MR) is 85.5 cm³/mol. The van der Waals surface area contributed by atoms with Crippen molar-refractivity contribution in [1.82, 2.24) is 4.98 Å². The number of pyridine rings is 1. The summed E-state index contributed by atoms with van der Waals surface area (Å²) in [7, 11) is 3.28. The van der Waals surface area contributed by atoms with Crippen LogP contribution < -0.4 is 14.2 Å². The number of rotatable bonds is 6. The van der Waals surface area contributed by atoms with E-state index in [9.17, 15) is 0 Å². The molecule has 2 rings (SSSR count). The van der Waals surface area contributed by atoms with Gasteiger partial charge in [-0.2, -0.15) is 0 Å². The average Bonchev–Trinajstić information content (AvgIpc) is 2.51. The number of ether oxygens (including phenoxy) is 3. The van der Waals surface area contributed by atoms with Gasteiger partial charge in [0.1, 0.15) is 23.9 Å². The third-order valence-electron chi connectivity index (χ3n) is 3.01. The molecule has 0 atom stereocenters. The molecule has 5 heteroatoms. The molecule has 0 amide bonds. The lowest BCUT2D eigenvalue weighted by molar-refractivity contribution is 0.295. The molecule has 0 spiro atoms. The molecule has 1 heterocycles. The summed E-state index contributed by atoms with van der Waals surface area (Å²) in [4.78, 5) is 4.45. The first kappa shape index (κ1) is 15.6. The normalized spacial score (nSPS) is 10.3. The molecule has 1 aromatic carbocycles. The molecule has 0 unspecified atom stereocenters. The van der Waals surface area contributed by atoms with E-state index in [1.165, 1.54) is 0 Å². The molecule has 4 nitrogen and oxygen atoms in total. The van der Waals surface area contributed by atoms with Crippen molar-refractivity contribution in [2.24, 2.45) is 0 Å². The van der Waals surface area contributed by atoms with E-state index >= 15 is 0 Å². The van der Waals surface area contributed by atoms with Crippen molar-refractivity contribution in [3.05, 3.63) is 47.3 Å². The molecule has 112 valence electrons. The molecule has 2 aromatic rings. The maximum atomic E-state index is 5.88. The highest BCUT2D eigenvalue weighted by Gasteiger charge is 2.07. The molecular weight excluding hydrogens is 334 g/mol. The first-order valence-corrected chi connectivity index (χ1v) is 7.65. The number of nitrogens with zero attached hydrogens (tertiary/aromatic N) is 1. The van der Waals surface area contributed by atoms with Crippen molar-refractivity contribution in [2.75, 3.05) is 14.2 Å². The Kier molecular flexibility index (Phi) is 5.44. The van der Waals surface area contributed by atoms with Crippen molar-refractivity contribution in [2.45, 2.75) is 18.9 Å². The summed E-state index contributed by atoms with van der Waals surface area (Å²) in [6.45, 7) is 2.31. The van der Waals surface area contributed by atoms with Crippen LogP contribution in [-0.4, -0.2) is 19.2 Å². The smallest absolute Gasteiger partial charge is 0.130 e. The third kappa shape index (κ3) is 4.11. The fourth-order valence-corrected chi connectivity index (χ4v) is 2.42. The van der Waals surface area contributed by atoms with Gasteiger partial charge in [0.15, 0.2) is 0 Å². The van der Waals surface area contributed by atoms with Gasteiger partial charge in [-0.15, -0.1) is 0 Å². The number of aromatic nitrogens is 1. The Balaban J connectivity index is 2.17. The lowest BCUT2D eigenvalue weighted by Gasteiger charge is -2.12. The molecular formula is C16H18BrNO3. The Bertz CT molecular complexity index is 616. The van der Waals surface area contributed by atoms with Crippen molar-refractivity contribution in [3.63, 3.8) is 0 Å². The molecule has 0 aliphatic rings. The van der Waals surface area contributed by atoms with E-state index in [4.69, 9.17) is 14.2 Å². The van der Waals surface area contributed by atoms with E-state index in [-0.39, 0.29) is 0 Å². The maximum Gasteiger partial charge on any atom is 0.130 e. The third-order valence-corrected chi connectivity index (χ3v) is 3.61. The van der Waals surface area contributed by atoms with Crippen molar-refractivity contribution in [3.8, 4) is 17.2 Å². The largest absolute Gasteiger partial charge is 0.497 e. The molecule has 0 aliphatic heterocycles. The van der Waals surface area contributed by atoms with Crippen LogP contribution in [0.1, 0.15) is 17.0 Å². The standard InChI is InChI=1S/C16H18BrNO3/c1-11-6-15(20-3)7-13(18-11)10-21-16-8-14(19-2)5-4-12(16)9-17/h4-8H,9-10H2,1-3H3. The minimum Gasteiger partial charge on any atom is -0.497 e. The van der Waals surface area contributed by atoms with E-state index in [0.717, 1.165) is 39.5 Å². The Morgan fingerprint density at radius 2 is 1.81 bits per heavy atom. The van der Waals surface area contributed by atoms with Crippen LogP contribution in [0.25, 0.3) is 0 Å². The lowest BCUT2D eigenvalue weighted by atomic mass is 10.2. The zero-order chi connectivity index (χ0) is 15.2. The Morgan fingerprint density at radius 1 is 1.05 bits per heavy atom. The minimum atomic E-state index is 0.380. The summed E-state index contributed by atoms with van der Waals surface area (Å²) in [6.07, 6.45) is 0. The second-order valence-electron chi connectivity index (χ2n) is 4.54. The molecule has 0 saturated heterocycles. The second-order valence-corrected chi connectivity index (χ2v) is 5.10. The number of alkyl halides is 1. The summed E-state index contributed by atoms with van der Waals surface area (Å²) >= 11 is 3.46. The molecule has 0 bridgehead atoms. The van der Waals surface area contributed by atoms with Crippen LogP contribution in [-0.2, 0) is 11.9 Å². The van der Waals surface area contributed by atoms with Gasteiger partial charge in [0, 0.05) is 34.8 Å². The van der Waals surface area contributed by atoms with E-state index in [2.05, 4.69) is 20.9 Å². The van der Waals surface area contributed by atoms with Crippen LogP contribution in [0, 0.1) is 6.92 Å². The molecule has 0 radical (unpaired) electrons. The van der Waals surface area contributed by atoms with Crippen molar-refractivity contribution in [1.29, 1.82) is 0 Å². The summed E-state index contributed by atoms with van der Waals surface area (Å²) in [5, 5.41) is 0.719. The summed E-state index contributed by atoms with van der Waals surface area (Å²) < 4.78 is 16.4. The van der Waals surface area contributed by atoms with Crippen LogP contribution >= 0.6 is 15.9 Å². The van der Waals surface area contributed by atoms with E-state index in [1.807, 2.05) is 37.3 Å². The Morgan fingerprint density at radius 3 is 2.48 bits per heavy atom. The van der Waals surface area contributed by atoms with Gasteiger partial charge in [-0.25, -0.2) is 0 Å². The molecule has 0 aliphatic carbocycles. The zero-order valence-electron chi connectivity index (χ0n) is 12.4. The van der Waals surface area contributed by atoms with Crippen LogP contribution in [0.2, 0.25) is 0 Å². The number of aryl methyl sites for hydroxylation is 1. The van der Waals surface area contributed by atoms with Crippen LogP contribution in [0.15, 0.2) is 30.3 Å². The van der Waals surface area contributed by atoms with E-state index in [0.29, 0.717) is 6.61 Å². The van der Waals surface area contributed by atoms with Crippen molar-refractivity contribution >= 4 is 15.9 Å².